The summed E-state index contributed by atoms with van der Waals surface area (Å²) in [6.07, 6.45) is 4.46. The molecule has 6 heteroatoms. The van der Waals surface area contributed by atoms with Gasteiger partial charge >= 0.3 is 0 Å². The van der Waals surface area contributed by atoms with Crippen LogP contribution in [0.2, 0.25) is 4.34 Å². The van der Waals surface area contributed by atoms with E-state index >= 15 is 0 Å². The number of nitrogens with zero attached hydrogens (tertiary/aromatic N) is 4. The monoisotopic (exact) mass is 376 g/mol. The van der Waals surface area contributed by atoms with Gasteiger partial charge in [-0.05, 0) is 48.0 Å². The Labute approximate surface area is 158 Å². The largest absolute Gasteiger partial charge is 0.256 e. The third kappa shape index (κ3) is 2.75. The van der Waals surface area contributed by atoms with Gasteiger partial charge in [-0.2, -0.15) is 5.10 Å². The zero-order valence-corrected chi connectivity index (χ0v) is 15.2. The Hall–Kier alpha value is -2.76. The number of imidazole rings is 1. The molecule has 0 saturated carbocycles. The number of pyridine rings is 1. The number of hydrogen-bond acceptors (Lipinski definition) is 4. The van der Waals surface area contributed by atoms with Gasteiger partial charge < -0.3 is 0 Å². The Morgan fingerprint density at radius 1 is 1.00 bits per heavy atom. The third-order valence-corrected chi connectivity index (χ3v) is 5.56. The molecule has 0 N–H and O–H groups in total. The lowest BCUT2D eigenvalue weighted by Gasteiger charge is -2.05. The van der Waals surface area contributed by atoms with Crippen LogP contribution in [0.15, 0.2) is 67.0 Å². The summed E-state index contributed by atoms with van der Waals surface area (Å²) in [5.74, 6) is 0. The van der Waals surface area contributed by atoms with Gasteiger partial charge in [0.1, 0.15) is 5.69 Å². The standard InChI is InChI=1S/C20H13ClN4S/c21-19-7-6-18(26-19)17-5-8-20-23-12-15(25(20)24-17)11-13-3-4-16-14(10-13)2-1-9-22-16/h1-10,12H,11H2. The highest BCUT2D eigenvalue weighted by atomic mass is 35.5. The number of rotatable bonds is 3. The van der Waals surface area contributed by atoms with Crippen LogP contribution < -0.4 is 0 Å². The lowest BCUT2D eigenvalue weighted by atomic mass is 10.1. The second-order valence-electron chi connectivity index (χ2n) is 6.05. The zero-order chi connectivity index (χ0) is 17.5. The van der Waals surface area contributed by atoms with Crippen molar-refractivity contribution < 1.29 is 0 Å². The molecule has 0 spiro atoms. The molecule has 1 aromatic carbocycles. The Bertz CT molecular complexity index is 1240. The summed E-state index contributed by atoms with van der Waals surface area (Å²) in [6.45, 7) is 0. The van der Waals surface area contributed by atoms with Crippen molar-refractivity contribution in [3.8, 4) is 10.6 Å². The molecule has 0 aliphatic rings. The van der Waals surface area contributed by atoms with Crippen molar-refractivity contribution >= 4 is 39.5 Å². The average Bonchev–Trinajstić information content (AvgIpc) is 3.28. The normalized spacial score (nSPS) is 11.4. The molecule has 4 aromatic heterocycles. The fraction of sp³-hybridized carbons (Fsp3) is 0.0500. The summed E-state index contributed by atoms with van der Waals surface area (Å²) in [7, 11) is 0. The van der Waals surface area contributed by atoms with Crippen LogP contribution in [0.1, 0.15) is 11.3 Å². The highest BCUT2D eigenvalue weighted by Crippen LogP contribution is 2.30. The van der Waals surface area contributed by atoms with E-state index in [0.717, 1.165) is 43.6 Å². The van der Waals surface area contributed by atoms with Gasteiger partial charge in [0.25, 0.3) is 0 Å². The van der Waals surface area contributed by atoms with Gasteiger partial charge in [-0.3, -0.25) is 4.98 Å². The Morgan fingerprint density at radius 2 is 1.96 bits per heavy atom. The van der Waals surface area contributed by atoms with E-state index in [9.17, 15) is 0 Å². The van der Waals surface area contributed by atoms with Crippen molar-refractivity contribution in [3.05, 3.63) is 82.6 Å². The second kappa shape index (κ2) is 6.20. The van der Waals surface area contributed by atoms with Crippen LogP contribution in [0.3, 0.4) is 0 Å². The molecule has 0 amide bonds. The summed E-state index contributed by atoms with van der Waals surface area (Å²) in [5.41, 5.74) is 5.00. The van der Waals surface area contributed by atoms with Gasteiger partial charge in [0.15, 0.2) is 5.65 Å². The molecule has 4 heterocycles. The van der Waals surface area contributed by atoms with E-state index in [4.69, 9.17) is 16.7 Å². The molecule has 0 bridgehead atoms. The van der Waals surface area contributed by atoms with Crippen LogP contribution in [0.25, 0.3) is 27.1 Å². The van der Waals surface area contributed by atoms with E-state index in [0.29, 0.717) is 0 Å². The van der Waals surface area contributed by atoms with Gasteiger partial charge in [-0.1, -0.05) is 23.7 Å². The summed E-state index contributed by atoms with van der Waals surface area (Å²) in [6, 6.07) is 18.2. The van der Waals surface area contributed by atoms with Gasteiger partial charge in [0.05, 0.1) is 26.6 Å². The van der Waals surface area contributed by atoms with Crippen LogP contribution >= 0.6 is 22.9 Å². The molecule has 0 aliphatic carbocycles. The molecule has 0 atom stereocenters. The highest BCUT2D eigenvalue weighted by Gasteiger charge is 2.10. The molecule has 5 rings (SSSR count). The average molecular weight is 377 g/mol. The fourth-order valence-corrected chi connectivity index (χ4v) is 4.08. The first kappa shape index (κ1) is 15.5. The molecule has 5 aromatic rings. The zero-order valence-electron chi connectivity index (χ0n) is 13.6. The van der Waals surface area contributed by atoms with Gasteiger partial charge in [0.2, 0.25) is 0 Å². The van der Waals surface area contributed by atoms with Crippen molar-refractivity contribution in [2.24, 2.45) is 0 Å². The fourth-order valence-electron chi connectivity index (χ4n) is 3.07. The molecule has 4 nitrogen and oxygen atoms in total. The van der Waals surface area contributed by atoms with Crippen molar-refractivity contribution in [2.75, 3.05) is 0 Å². The molecular formula is C20H13ClN4S. The number of aromatic nitrogens is 4. The lowest BCUT2D eigenvalue weighted by molar-refractivity contribution is 0.877. The lowest BCUT2D eigenvalue weighted by Crippen LogP contribution is -2.00. The Balaban J connectivity index is 1.55. The predicted octanol–water partition coefficient (Wildman–Crippen LogP) is 5.25. The van der Waals surface area contributed by atoms with Crippen LogP contribution in [0.4, 0.5) is 0 Å². The topological polar surface area (TPSA) is 43.1 Å². The van der Waals surface area contributed by atoms with Gasteiger partial charge in [0, 0.05) is 18.0 Å². The summed E-state index contributed by atoms with van der Waals surface area (Å²) in [5, 5.41) is 5.91. The van der Waals surface area contributed by atoms with E-state index in [2.05, 4.69) is 34.2 Å². The summed E-state index contributed by atoms with van der Waals surface area (Å²) in [4.78, 5) is 9.91. The maximum Gasteiger partial charge on any atom is 0.153 e. The molecule has 0 fully saturated rings. The van der Waals surface area contributed by atoms with Gasteiger partial charge in [-0.15, -0.1) is 11.3 Å². The predicted molar refractivity (Wildman–Crippen MR) is 106 cm³/mol. The van der Waals surface area contributed by atoms with Crippen molar-refractivity contribution in [3.63, 3.8) is 0 Å². The smallest absolute Gasteiger partial charge is 0.153 e. The summed E-state index contributed by atoms with van der Waals surface area (Å²) < 4.78 is 2.67. The molecule has 126 valence electrons. The third-order valence-electron chi connectivity index (χ3n) is 4.31. The van der Waals surface area contributed by atoms with Gasteiger partial charge in [-0.25, -0.2) is 9.50 Å². The highest BCUT2D eigenvalue weighted by molar-refractivity contribution is 7.19. The quantitative estimate of drug-likeness (QED) is 0.432. The van der Waals surface area contributed by atoms with Crippen LogP contribution in [0.5, 0.6) is 0 Å². The minimum absolute atomic E-state index is 0.758. The first-order valence-corrected chi connectivity index (χ1v) is 9.39. The van der Waals surface area contributed by atoms with E-state index in [1.165, 1.54) is 16.9 Å². The maximum absolute atomic E-state index is 6.06. The number of fused-ring (bicyclic) bond motifs is 2. The van der Waals surface area contributed by atoms with Crippen molar-refractivity contribution in [1.82, 2.24) is 19.6 Å². The molecule has 26 heavy (non-hydrogen) atoms. The van der Waals surface area contributed by atoms with Crippen LogP contribution in [-0.2, 0) is 6.42 Å². The van der Waals surface area contributed by atoms with Crippen molar-refractivity contribution in [2.45, 2.75) is 6.42 Å². The Morgan fingerprint density at radius 3 is 2.85 bits per heavy atom. The minimum Gasteiger partial charge on any atom is -0.256 e. The minimum atomic E-state index is 0.758. The van der Waals surface area contributed by atoms with E-state index in [1.807, 2.05) is 47.2 Å². The molecule has 0 radical (unpaired) electrons. The number of hydrogen-bond donors (Lipinski definition) is 0. The summed E-state index contributed by atoms with van der Waals surface area (Å²) >= 11 is 7.59. The molecular weight excluding hydrogens is 364 g/mol. The first-order chi connectivity index (χ1) is 12.8. The van der Waals surface area contributed by atoms with Crippen LogP contribution in [-0.4, -0.2) is 19.6 Å². The number of benzene rings is 1. The Kier molecular flexibility index (Phi) is 3.69. The second-order valence-corrected chi connectivity index (χ2v) is 7.76. The maximum atomic E-state index is 6.06. The molecule has 0 aliphatic heterocycles. The van der Waals surface area contributed by atoms with E-state index in [1.54, 1.807) is 0 Å². The molecule has 0 unspecified atom stereocenters. The SMILES string of the molecule is Clc1ccc(-c2ccc3ncc(Cc4ccc5ncccc5c4)n3n2)s1. The number of halogens is 1. The van der Waals surface area contributed by atoms with Crippen molar-refractivity contribution in [1.29, 1.82) is 0 Å². The van der Waals surface area contributed by atoms with E-state index in [-0.39, 0.29) is 0 Å². The number of thiophene rings is 1. The van der Waals surface area contributed by atoms with Crippen LogP contribution in [0, 0.1) is 0 Å². The molecule has 0 saturated heterocycles. The van der Waals surface area contributed by atoms with E-state index < -0.39 is 0 Å². The first-order valence-electron chi connectivity index (χ1n) is 8.19.